The molecule has 0 aliphatic carbocycles. The molecule has 1 amide bonds. The van der Waals surface area contributed by atoms with Crippen LogP contribution in [0, 0.1) is 11.8 Å². The Morgan fingerprint density at radius 2 is 2.19 bits per heavy atom. The molecule has 0 aromatic carbocycles. The van der Waals surface area contributed by atoms with E-state index in [1.807, 2.05) is 0 Å². The molecule has 0 saturated carbocycles. The first-order chi connectivity index (χ1) is 10.1. The van der Waals surface area contributed by atoms with Crippen LogP contribution in [0.1, 0.15) is 16.1 Å². The Hall–Kier alpha value is -3.11. The SMILES string of the molecule is O=C(Nc1cccc(C#CCO)n1)c1cc(O)[nH]c(=O)c1. The van der Waals surface area contributed by atoms with Gasteiger partial charge in [0.05, 0.1) is 5.56 Å². The van der Waals surface area contributed by atoms with Gasteiger partial charge in [0, 0.05) is 12.1 Å². The van der Waals surface area contributed by atoms with Gasteiger partial charge >= 0.3 is 0 Å². The molecule has 7 heteroatoms. The number of hydrogen-bond acceptors (Lipinski definition) is 5. The highest BCUT2D eigenvalue weighted by Crippen LogP contribution is 2.09. The molecule has 106 valence electrons. The maximum atomic E-state index is 12.0. The van der Waals surface area contributed by atoms with E-state index in [0.717, 1.165) is 12.1 Å². The number of aromatic nitrogens is 2. The molecule has 0 saturated heterocycles. The molecular weight excluding hydrogens is 274 g/mol. The maximum absolute atomic E-state index is 12.0. The third kappa shape index (κ3) is 3.92. The van der Waals surface area contributed by atoms with Gasteiger partial charge in [-0.3, -0.25) is 14.6 Å². The van der Waals surface area contributed by atoms with E-state index in [1.54, 1.807) is 18.2 Å². The zero-order valence-electron chi connectivity index (χ0n) is 10.8. The molecule has 0 unspecified atom stereocenters. The number of nitrogens with one attached hydrogen (secondary N) is 2. The summed E-state index contributed by atoms with van der Waals surface area (Å²) >= 11 is 0. The van der Waals surface area contributed by atoms with Gasteiger partial charge in [0.2, 0.25) is 0 Å². The van der Waals surface area contributed by atoms with Crippen molar-refractivity contribution in [3.8, 4) is 17.7 Å². The van der Waals surface area contributed by atoms with Crippen molar-refractivity contribution >= 4 is 11.7 Å². The second-order valence-corrected chi connectivity index (χ2v) is 3.94. The second-order valence-electron chi connectivity index (χ2n) is 3.94. The lowest BCUT2D eigenvalue weighted by Crippen LogP contribution is -2.16. The highest BCUT2D eigenvalue weighted by atomic mass is 16.3. The first-order valence-electron chi connectivity index (χ1n) is 5.90. The number of carbonyl (C=O) groups is 1. The van der Waals surface area contributed by atoms with Gasteiger partial charge in [-0.15, -0.1) is 0 Å². The minimum Gasteiger partial charge on any atom is -0.494 e. The predicted octanol–water partition coefficient (Wildman–Crippen LogP) is 0.0716. The molecule has 0 atom stereocenters. The number of nitrogens with zero attached hydrogens (tertiary/aromatic N) is 1. The lowest BCUT2D eigenvalue weighted by atomic mass is 10.2. The fraction of sp³-hybridized carbons (Fsp3) is 0.0714. The lowest BCUT2D eigenvalue weighted by Gasteiger charge is -2.04. The molecule has 0 aliphatic heterocycles. The molecule has 21 heavy (non-hydrogen) atoms. The van der Waals surface area contributed by atoms with Gasteiger partial charge in [-0.25, -0.2) is 4.98 Å². The van der Waals surface area contributed by atoms with Crippen molar-refractivity contribution in [2.45, 2.75) is 0 Å². The first kappa shape index (κ1) is 14.3. The molecule has 0 spiro atoms. The number of rotatable bonds is 2. The van der Waals surface area contributed by atoms with Crippen LogP contribution in [0.3, 0.4) is 0 Å². The molecular formula is C14H11N3O4. The number of aromatic amines is 1. The number of carbonyl (C=O) groups excluding carboxylic acids is 1. The van der Waals surface area contributed by atoms with Crippen molar-refractivity contribution in [1.82, 2.24) is 9.97 Å². The fourth-order valence-electron chi connectivity index (χ4n) is 1.55. The van der Waals surface area contributed by atoms with Crippen molar-refractivity contribution in [2.75, 3.05) is 11.9 Å². The molecule has 0 radical (unpaired) electrons. The Morgan fingerprint density at radius 1 is 1.38 bits per heavy atom. The van der Waals surface area contributed by atoms with Gasteiger partial charge in [-0.2, -0.15) is 0 Å². The van der Waals surface area contributed by atoms with E-state index >= 15 is 0 Å². The topological polar surface area (TPSA) is 115 Å². The quantitative estimate of drug-likeness (QED) is 0.583. The summed E-state index contributed by atoms with van der Waals surface area (Å²) < 4.78 is 0. The van der Waals surface area contributed by atoms with Crippen molar-refractivity contribution in [3.05, 3.63) is 51.9 Å². The van der Waals surface area contributed by atoms with Crippen molar-refractivity contribution in [3.63, 3.8) is 0 Å². The van der Waals surface area contributed by atoms with E-state index in [2.05, 4.69) is 27.1 Å². The molecule has 2 aromatic heterocycles. The Balaban J connectivity index is 2.21. The number of amides is 1. The highest BCUT2D eigenvalue weighted by molar-refractivity contribution is 6.03. The summed E-state index contributed by atoms with van der Waals surface area (Å²) in [6, 6.07) is 7.00. The smallest absolute Gasteiger partial charge is 0.257 e. The Kier molecular flexibility index (Phi) is 4.33. The van der Waals surface area contributed by atoms with E-state index in [1.165, 1.54) is 0 Å². The zero-order valence-corrected chi connectivity index (χ0v) is 10.8. The van der Waals surface area contributed by atoms with Crippen molar-refractivity contribution < 1.29 is 15.0 Å². The van der Waals surface area contributed by atoms with Crippen LogP contribution in [-0.2, 0) is 0 Å². The number of pyridine rings is 2. The van der Waals surface area contributed by atoms with Crippen molar-refractivity contribution in [1.29, 1.82) is 0 Å². The van der Waals surface area contributed by atoms with E-state index in [0.29, 0.717) is 5.69 Å². The van der Waals surface area contributed by atoms with E-state index < -0.39 is 17.3 Å². The van der Waals surface area contributed by atoms with Crippen LogP contribution in [-0.4, -0.2) is 32.7 Å². The summed E-state index contributed by atoms with van der Waals surface area (Å²) in [6.07, 6.45) is 0. The lowest BCUT2D eigenvalue weighted by molar-refractivity contribution is 0.102. The van der Waals surface area contributed by atoms with Crippen LogP contribution < -0.4 is 10.9 Å². The molecule has 2 heterocycles. The van der Waals surface area contributed by atoms with Gasteiger partial charge in [0.25, 0.3) is 11.5 Å². The summed E-state index contributed by atoms with van der Waals surface area (Å²) in [4.78, 5) is 29.3. The normalized spacial score (nSPS) is 9.57. The first-order valence-corrected chi connectivity index (χ1v) is 5.90. The van der Waals surface area contributed by atoms with E-state index in [-0.39, 0.29) is 18.0 Å². The largest absolute Gasteiger partial charge is 0.494 e. The van der Waals surface area contributed by atoms with E-state index in [9.17, 15) is 14.7 Å². The van der Waals surface area contributed by atoms with E-state index in [4.69, 9.17) is 5.11 Å². The van der Waals surface area contributed by atoms with Gasteiger partial charge in [-0.1, -0.05) is 12.0 Å². The summed E-state index contributed by atoms with van der Waals surface area (Å²) in [5.74, 6) is 4.31. The van der Waals surface area contributed by atoms with Gasteiger partial charge < -0.3 is 15.5 Å². The molecule has 7 nitrogen and oxygen atoms in total. The summed E-state index contributed by atoms with van der Waals surface area (Å²) in [5, 5.41) is 20.4. The zero-order chi connectivity index (χ0) is 15.2. The number of aromatic hydroxyl groups is 1. The molecule has 2 rings (SSSR count). The molecule has 0 fully saturated rings. The fourth-order valence-corrected chi connectivity index (χ4v) is 1.55. The Labute approximate surface area is 119 Å². The van der Waals surface area contributed by atoms with Crippen LogP contribution >= 0.6 is 0 Å². The predicted molar refractivity (Wildman–Crippen MR) is 74.9 cm³/mol. The summed E-state index contributed by atoms with van der Waals surface area (Å²) in [5.41, 5.74) is -0.198. The van der Waals surface area contributed by atoms with Crippen LogP contribution in [0.2, 0.25) is 0 Å². The summed E-state index contributed by atoms with van der Waals surface area (Å²) in [6.45, 7) is -0.287. The average Bonchev–Trinajstić information content (AvgIpc) is 2.44. The van der Waals surface area contributed by atoms with Gasteiger partial charge in [0.1, 0.15) is 18.1 Å². The number of anilines is 1. The van der Waals surface area contributed by atoms with Crippen LogP contribution in [0.4, 0.5) is 5.82 Å². The summed E-state index contributed by atoms with van der Waals surface area (Å²) in [7, 11) is 0. The Bertz CT molecular complexity index is 787. The highest BCUT2D eigenvalue weighted by Gasteiger charge is 2.09. The van der Waals surface area contributed by atoms with Crippen LogP contribution in [0.5, 0.6) is 5.88 Å². The third-order valence-corrected chi connectivity index (χ3v) is 2.38. The van der Waals surface area contributed by atoms with Crippen LogP contribution in [0.25, 0.3) is 0 Å². The minimum absolute atomic E-state index is 0.00453. The molecule has 0 aliphatic rings. The third-order valence-electron chi connectivity index (χ3n) is 2.38. The molecule has 2 aromatic rings. The standard InChI is InChI=1S/C14H11N3O4/c18-6-2-4-10-3-1-5-11(15-10)16-14(21)9-7-12(19)17-13(20)8-9/h1,3,5,7-8,18H,6H2,(H,15,16,21)(H2,17,19,20). The number of aliphatic hydroxyl groups is 1. The number of aliphatic hydroxyl groups excluding tert-OH is 1. The Morgan fingerprint density at radius 3 is 2.90 bits per heavy atom. The van der Waals surface area contributed by atoms with Crippen LogP contribution in [0.15, 0.2) is 35.1 Å². The van der Waals surface area contributed by atoms with Crippen molar-refractivity contribution in [2.24, 2.45) is 0 Å². The maximum Gasteiger partial charge on any atom is 0.257 e. The molecule has 0 bridgehead atoms. The number of hydrogen-bond donors (Lipinski definition) is 4. The van der Waals surface area contributed by atoms with Gasteiger partial charge in [0.15, 0.2) is 5.88 Å². The number of H-pyrrole nitrogens is 1. The second kappa shape index (κ2) is 6.36. The average molecular weight is 285 g/mol. The minimum atomic E-state index is -0.587. The molecule has 4 N–H and O–H groups in total. The monoisotopic (exact) mass is 285 g/mol. The van der Waals surface area contributed by atoms with Gasteiger partial charge in [-0.05, 0) is 18.1 Å².